The molecule has 1 heterocycles. The number of rotatable bonds is 5. The van der Waals surface area contributed by atoms with Crippen molar-refractivity contribution >= 4 is 17.8 Å². The number of hydrogen-bond acceptors (Lipinski definition) is 3. The molecule has 21 heavy (non-hydrogen) atoms. The van der Waals surface area contributed by atoms with E-state index in [9.17, 15) is 19.5 Å². The summed E-state index contributed by atoms with van der Waals surface area (Å²) in [4.78, 5) is 34.4. The van der Waals surface area contributed by atoms with Crippen LogP contribution in [-0.2, 0) is 20.8 Å². The minimum Gasteiger partial charge on any atom is -0.480 e. The second-order valence-corrected chi connectivity index (χ2v) is 5.19. The molecule has 3 N–H and O–H groups in total. The molecule has 6 nitrogen and oxygen atoms in total. The topological polar surface area (TPSA) is 95.5 Å². The Balaban J connectivity index is 2.03. The van der Waals surface area contributed by atoms with Gasteiger partial charge < -0.3 is 15.7 Å². The molecule has 1 aromatic carbocycles. The summed E-state index contributed by atoms with van der Waals surface area (Å²) in [5, 5.41) is 14.3. The minimum absolute atomic E-state index is 0.180. The Hall–Kier alpha value is -2.37. The summed E-state index contributed by atoms with van der Waals surface area (Å²) in [6, 6.07) is 5.82. The number of aryl methyl sites for hydroxylation is 1. The van der Waals surface area contributed by atoms with Crippen molar-refractivity contribution in [2.45, 2.75) is 38.3 Å². The van der Waals surface area contributed by atoms with Crippen LogP contribution < -0.4 is 10.6 Å². The molecule has 1 aliphatic heterocycles. The molecule has 2 rings (SSSR count). The summed E-state index contributed by atoms with van der Waals surface area (Å²) in [6.45, 7) is 1.90. The van der Waals surface area contributed by atoms with Crippen molar-refractivity contribution in [1.29, 1.82) is 0 Å². The van der Waals surface area contributed by atoms with Crippen molar-refractivity contribution < 1.29 is 19.5 Å². The molecule has 2 amide bonds. The average Bonchev–Trinajstić information content (AvgIpc) is 2.87. The monoisotopic (exact) mass is 290 g/mol. The molecule has 0 aromatic heterocycles. The van der Waals surface area contributed by atoms with Crippen molar-refractivity contribution in [3.63, 3.8) is 0 Å². The van der Waals surface area contributed by atoms with Crippen LogP contribution in [0.4, 0.5) is 0 Å². The van der Waals surface area contributed by atoms with E-state index in [1.54, 1.807) is 0 Å². The van der Waals surface area contributed by atoms with Crippen molar-refractivity contribution in [3.05, 3.63) is 35.4 Å². The van der Waals surface area contributed by atoms with E-state index in [0.29, 0.717) is 12.8 Å². The van der Waals surface area contributed by atoms with E-state index in [-0.39, 0.29) is 12.3 Å². The number of aliphatic carboxylic acids is 1. The Bertz CT molecular complexity index is 571. The van der Waals surface area contributed by atoms with Gasteiger partial charge in [0.1, 0.15) is 12.1 Å². The van der Waals surface area contributed by atoms with Gasteiger partial charge in [-0.05, 0) is 24.5 Å². The predicted molar refractivity (Wildman–Crippen MR) is 75.6 cm³/mol. The highest BCUT2D eigenvalue weighted by atomic mass is 16.4. The molecule has 0 bridgehead atoms. The normalized spacial score (nSPS) is 18.9. The lowest BCUT2D eigenvalue weighted by Crippen LogP contribution is -2.49. The molecule has 1 aliphatic rings. The van der Waals surface area contributed by atoms with Crippen LogP contribution in [0.2, 0.25) is 0 Å². The smallest absolute Gasteiger partial charge is 0.326 e. The second-order valence-electron chi connectivity index (χ2n) is 5.19. The lowest BCUT2D eigenvalue weighted by Gasteiger charge is -2.18. The number of carboxylic acid groups (broad SMARTS) is 1. The molecule has 0 saturated carbocycles. The molecule has 0 unspecified atom stereocenters. The van der Waals surface area contributed by atoms with Gasteiger partial charge in [0, 0.05) is 12.8 Å². The van der Waals surface area contributed by atoms with Gasteiger partial charge in [-0.3, -0.25) is 9.59 Å². The van der Waals surface area contributed by atoms with E-state index < -0.39 is 24.0 Å². The highest BCUT2D eigenvalue weighted by Crippen LogP contribution is 2.11. The summed E-state index contributed by atoms with van der Waals surface area (Å²) >= 11 is 0. The SMILES string of the molecule is Cc1ccccc1C[C@@H](NC(=O)[C@@H]1CCC(=O)N1)C(=O)O. The van der Waals surface area contributed by atoms with Gasteiger partial charge >= 0.3 is 5.97 Å². The van der Waals surface area contributed by atoms with Crippen LogP contribution in [0.5, 0.6) is 0 Å². The van der Waals surface area contributed by atoms with Gasteiger partial charge in [0.15, 0.2) is 0 Å². The summed E-state index contributed by atoms with van der Waals surface area (Å²) in [6.07, 6.45) is 0.920. The van der Waals surface area contributed by atoms with E-state index in [4.69, 9.17) is 0 Å². The van der Waals surface area contributed by atoms with Crippen molar-refractivity contribution in [2.75, 3.05) is 0 Å². The maximum atomic E-state index is 12.0. The van der Waals surface area contributed by atoms with Gasteiger partial charge in [0.05, 0.1) is 0 Å². The van der Waals surface area contributed by atoms with Crippen LogP contribution in [0.3, 0.4) is 0 Å². The third-order valence-electron chi connectivity index (χ3n) is 3.61. The predicted octanol–water partition coefficient (Wildman–Crippen LogP) is 0.386. The quantitative estimate of drug-likeness (QED) is 0.731. The average molecular weight is 290 g/mol. The third kappa shape index (κ3) is 3.81. The van der Waals surface area contributed by atoms with Gasteiger partial charge in [-0.1, -0.05) is 24.3 Å². The number of carbonyl (C=O) groups excluding carboxylic acids is 2. The van der Waals surface area contributed by atoms with Gasteiger partial charge in [0.25, 0.3) is 0 Å². The Labute approximate surface area is 122 Å². The van der Waals surface area contributed by atoms with Crippen molar-refractivity contribution in [1.82, 2.24) is 10.6 Å². The Kier molecular flexibility index (Phi) is 4.57. The van der Waals surface area contributed by atoms with Crippen LogP contribution in [0.15, 0.2) is 24.3 Å². The van der Waals surface area contributed by atoms with E-state index in [1.807, 2.05) is 31.2 Å². The zero-order valence-corrected chi connectivity index (χ0v) is 11.8. The number of hydrogen-bond donors (Lipinski definition) is 3. The first kappa shape index (κ1) is 15.0. The van der Waals surface area contributed by atoms with Gasteiger partial charge in [-0.25, -0.2) is 4.79 Å². The van der Waals surface area contributed by atoms with Crippen molar-refractivity contribution in [3.8, 4) is 0 Å². The minimum atomic E-state index is -1.09. The van der Waals surface area contributed by atoms with Gasteiger partial charge in [-0.2, -0.15) is 0 Å². The molecule has 0 aliphatic carbocycles. The number of carboxylic acids is 1. The summed E-state index contributed by atoms with van der Waals surface area (Å²) in [5.41, 5.74) is 1.85. The lowest BCUT2D eigenvalue weighted by molar-refractivity contribution is -0.142. The van der Waals surface area contributed by atoms with Crippen LogP contribution in [-0.4, -0.2) is 35.0 Å². The van der Waals surface area contributed by atoms with Crippen LogP contribution >= 0.6 is 0 Å². The van der Waals surface area contributed by atoms with E-state index >= 15 is 0 Å². The highest BCUT2D eigenvalue weighted by molar-refractivity contribution is 5.92. The molecule has 6 heteroatoms. The Morgan fingerprint density at radius 3 is 2.71 bits per heavy atom. The van der Waals surface area contributed by atoms with Crippen LogP contribution in [0.1, 0.15) is 24.0 Å². The van der Waals surface area contributed by atoms with Crippen LogP contribution in [0, 0.1) is 6.92 Å². The van der Waals surface area contributed by atoms with Crippen molar-refractivity contribution in [2.24, 2.45) is 0 Å². The fraction of sp³-hybridized carbons (Fsp3) is 0.400. The molecule has 0 spiro atoms. The lowest BCUT2D eigenvalue weighted by atomic mass is 10.0. The first-order chi connectivity index (χ1) is 9.97. The molecular weight excluding hydrogens is 272 g/mol. The fourth-order valence-corrected chi connectivity index (χ4v) is 2.34. The van der Waals surface area contributed by atoms with E-state index in [1.165, 1.54) is 0 Å². The number of carbonyl (C=O) groups is 3. The van der Waals surface area contributed by atoms with Crippen LogP contribution in [0.25, 0.3) is 0 Å². The third-order valence-corrected chi connectivity index (χ3v) is 3.61. The molecule has 1 aromatic rings. The maximum Gasteiger partial charge on any atom is 0.326 e. The number of benzene rings is 1. The fourth-order valence-electron chi connectivity index (χ4n) is 2.34. The molecule has 112 valence electrons. The number of nitrogens with one attached hydrogen (secondary N) is 2. The Morgan fingerprint density at radius 1 is 1.43 bits per heavy atom. The maximum absolute atomic E-state index is 12.0. The first-order valence-electron chi connectivity index (χ1n) is 6.84. The zero-order valence-electron chi connectivity index (χ0n) is 11.8. The molecular formula is C15H18N2O4. The first-order valence-corrected chi connectivity index (χ1v) is 6.84. The summed E-state index contributed by atoms with van der Waals surface area (Å²) < 4.78 is 0. The Morgan fingerprint density at radius 2 is 2.14 bits per heavy atom. The molecule has 1 saturated heterocycles. The number of amides is 2. The second kappa shape index (κ2) is 6.39. The highest BCUT2D eigenvalue weighted by Gasteiger charge is 2.30. The molecule has 2 atom stereocenters. The standard InChI is InChI=1S/C15H18N2O4/c1-9-4-2-3-5-10(9)8-12(15(20)21)17-14(19)11-6-7-13(18)16-11/h2-5,11-12H,6-8H2,1H3,(H,16,18)(H,17,19)(H,20,21)/t11-,12+/m0/s1. The summed E-state index contributed by atoms with van der Waals surface area (Å²) in [7, 11) is 0. The molecule has 1 fully saturated rings. The van der Waals surface area contributed by atoms with Gasteiger partial charge in [-0.15, -0.1) is 0 Å². The summed E-state index contributed by atoms with van der Waals surface area (Å²) in [5.74, 6) is -1.71. The van der Waals surface area contributed by atoms with E-state index in [0.717, 1.165) is 11.1 Å². The van der Waals surface area contributed by atoms with E-state index in [2.05, 4.69) is 10.6 Å². The molecule has 0 radical (unpaired) electrons. The largest absolute Gasteiger partial charge is 0.480 e. The van der Waals surface area contributed by atoms with Gasteiger partial charge in [0.2, 0.25) is 11.8 Å². The zero-order chi connectivity index (χ0) is 15.4.